The molecule has 0 aliphatic rings. The first-order valence-corrected chi connectivity index (χ1v) is 4.70. The lowest BCUT2D eigenvalue weighted by Crippen LogP contribution is -2.03. The van der Waals surface area contributed by atoms with Crippen LogP contribution in [0.25, 0.3) is 12.2 Å². The molecule has 1 rings (SSSR count). The van der Waals surface area contributed by atoms with Gasteiger partial charge in [0.1, 0.15) is 0 Å². The molecular weight excluding hydrogens is 184 g/mol. The van der Waals surface area contributed by atoms with Gasteiger partial charge in [-0.2, -0.15) is 0 Å². The van der Waals surface area contributed by atoms with Crippen LogP contribution in [-0.2, 0) is 0 Å². The molecule has 0 atom stereocenters. The maximum absolute atomic E-state index is 11.8. The zero-order valence-corrected chi connectivity index (χ0v) is 8.92. The number of ketones is 1. The van der Waals surface area contributed by atoms with E-state index in [-0.39, 0.29) is 5.78 Å². The Morgan fingerprint density at radius 1 is 1.27 bits per heavy atom. The van der Waals surface area contributed by atoms with Gasteiger partial charge in [-0.3, -0.25) is 4.79 Å². The highest BCUT2D eigenvalue weighted by Crippen LogP contribution is 2.19. The minimum atomic E-state index is -0.0476. The number of benzene rings is 1. The zero-order valence-electron chi connectivity index (χ0n) is 8.92. The van der Waals surface area contributed by atoms with Crippen molar-refractivity contribution in [1.82, 2.24) is 0 Å². The molecule has 0 unspecified atom stereocenters. The molecule has 1 aromatic carbocycles. The minimum Gasteiger partial charge on any atom is -0.289 e. The molecule has 0 saturated carbocycles. The first-order valence-electron chi connectivity index (χ1n) is 4.70. The lowest BCUT2D eigenvalue weighted by molar-refractivity contribution is 0.103. The predicted octanol–water partition coefficient (Wildman–Crippen LogP) is 3.73. The topological polar surface area (TPSA) is 17.1 Å². The molecule has 0 aliphatic heterocycles. The van der Waals surface area contributed by atoms with Crippen LogP contribution in [0.3, 0.4) is 0 Å². The second-order valence-corrected chi connectivity index (χ2v) is 3.33. The Hall–Kier alpha value is -1.89. The Balaban J connectivity index is 3.41. The van der Waals surface area contributed by atoms with Gasteiger partial charge in [0.15, 0.2) is 5.78 Å². The maximum Gasteiger partial charge on any atom is 0.188 e. The highest BCUT2D eigenvalue weighted by Gasteiger charge is 2.11. The van der Waals surface area contributed by atoms with E-state index in [1.54, 1.807) is 25.1 Å². The number of rotatable bonds is 4. The third-order valence-corrected chi connectivity index (χ3v) is 2.20. The summed E-state index contributed by atoms with van der Waals surface area (Å²) in [6.07, 6.45) is 3.39. The fourth-order valence-corrected chi connectivity index (χ4v) is 1.42. The van der Waals surface area contributed by atoms with Crippen LogP contribution < -0.4 is 0 Å². The molecule has 0 spiro atoms. The first kappa shape index (κ1) is 11.2. The van der Waals surface area contributed by atoms with Gasteiger partial charge in [-0.1, -0.05) is 50.1 Å². The molecule has 0 amide bonds. The zero-order chi connectivity index (χ0) is 11.4. The van der Waals surface area contributed by atoms with E-state index >= 15 is 0 Å². The lowest BCUT2D eigenvalue weighted by atomic mass is 9.95. The van der Waals surface area contributed by atoms with Crippen LogP contribution in [0.2, 0.25) is 0 Å². The van der Waals surface area contributed by atoms with E-state index in [0.29, 0.717) is 11.1 Å². The van der Waals surface area contributed by atoms with E-state index in [0.717, 1.165) is 11.1 Å². The molecule has 0 heterocycles. The Morgan fingerprint density at radius 2 is 1.93 bits per heavy atom. The van der Waals surface area contributed by atoms with E-state index in [9.17, 15) is 4.79 Å². The van der Waals surface area contributed by atoms with Crippen molar-refractivity contribution in [3.05, 3.63) is 60.2 Å². The normalized spacial score (nSPS) is 9.40. The van der Waals surface area contributed by atoms with Crippen LogP contribution in [-0.4, -0.2) is 5.78 Å². The summed E-state index contributed by atoms with van der Waals surface area (Å²) in [6, 6.07) is 5.51. The monoisotopic (exact) mass is 198 g/mol. The number of allylic oxidation sites excluding steroid dienone is 1. The largest absolute Gasteiger partial charge is 0.289 e. The number of hydrogen-bond donors (Lipinski definition) is 0. The lowest BCUT2D eigenvalue weighted by Gasteiger charge is -2.07. The van der Waals surface area contributed by atoms with Gasteiger partial charge in [0.25, 0.3) is 0 Å². The number of carbonyl (C=O) groups excluding carboxylic acids is 1. The molecule has 15 heavy (non-hydrogen) atoms. The Morgan fingerprint density at radius 3 is 2.40 bits per heavy atom. The summed E-state index contributed by atoms with van der Waals surface area (Å²) in [5, 5.41) is 0. The van der Waals surface area contributed by atoms with Crippen molar-refractivity contribution >= 4 is 17.9 Å². The second kappa shape index (κ2) is 4.56. The third-order valence-electron chi connectivity index (χ3n) is 2.20. The summed E-state index contributed by atoms with van der Waals surface area (Å²) in [5.41, 5.74) is 2.90. The number of hydrogen-bond acceptors (Lipinski definition) is 1. The van der Waals surface area contributed by atoms with Gasteiger partial charge in [-0.05, 0) is 23.6 Å². The summed E-state index contributed by atoms with van der Waals surface area (Å²) >= 11 is 0. The van der Waals surface area contributed by atoms with E-state index in [4.69, 9.17) is 0 Å². The molecule has 1 heteroatoms. The standard InChI is InChI=1S/C14H14O/c1-5-11-8-7-9-13(12(11)6-2)14(15)10(3)4/h5-9H,1-3H2,4H3. The quantitative estimate of drug-likeness (QED) is 0.532. The SMILES string of the molecule is C=Cc1cccc(C(=O)C(=C)C)c1C=C. The molecule has 0 aliphatic carbocycles. The minimum absolute atomic E-state index is 0.0476. The van der Waals surface area contributed by atoms with Crippen molar-refractivity contribution < 1.29 is 4.79 Å². The predicted molar refractivity (Wildman–Crippen MR) is 65.8 cm³/mol. The first-order chi connectivity index (χ1) is 7.11. The second-order valence-electron chi connectivity index (χ2n) is 3.33. The van der Waals surface area contributed by atoms with Crippen molar-refractivity contribution in [1.29, 1.82) is 0 Å². The van der Waals surface area contributed by atoms with E-state index < -0.39 is 0 Å². The Bertz CT molecular complexity index is 439. The Kier molecular flexibility index (Phi) is 3.40. The van der Waals surface area contributed by atoms with Gasteiger partial charge < -0.3 is 0 Å². The molecule has 0 aromatic heterocycles. The van der Waals surface area contributed by atoms with Crippen LogP contribution in [0.1, 0.15) is 28.4 Å². The molecule has 1 aromatic rings. The van der Waals surface area contributed by atoms with Gasteiger partial charge in [0.2, 0.25) is 0 Å². The molecule has 0 radical (unpaired) electrons. The molecule has 0 N–H and O–H groups in total. The fourth-order valence-electron chi connectivity index (χ4n) is 1.42. The van der Waals surface area contributed by atoms with Gasteiger partial charge in [0.05, 0.1) is 0 Å². The van der Waals surface area contributed by atoms with Gasteiger partial charge in [-0.25, -0.2) is 0 Å². The molecular formula is C14H14O. The highest BCUT2D eigenvalue weighted by molar-refractivity contribution is 6.10. The molecule has 76 valence electrons. The smallest absolute Gasteiger partial charge is 0.188 e. The van der Waals surface area contributed by atoms with Gasteiger partial charge in [0, 0.05) is 5.56 Å². The Labute approximate surface area is 90.4 Å². The molecule has 0 bridgehead atoms. The van der Waals surface area contributed by atoms with Crippen LogP contribution >= 0.6 is 0 Å². The average molecular weight is 198 g/mol. The van der Waals surface area contributed by atoms with E-state index in [2.05, 4.69) is 19.7 Å². The van der Waals surface area contributed by atoms with Gasteiger partial charge in [-0.15, -0.1) is 0 Å². The van der Waals surface area contributed by atoms with E-state index in [1.165, 1.54) is 0 Å². The van der Waals surface area contributed by atoms with Crippen molar-refractivity contribution in [2.45, 2.75) is 6.92 Å². The fraction of sp³-hybridized carbons (Fsp3) is 0.0714. The number of carbonyl (C=O) groups is 1. The van der Waals surface area contributed by atoms with Crippen molar-refractivity contribution in [2.75, 3.05) is 0 Å². The summed E-state index contributed by atoms with van der Waals surface area (Å²) in [7, 11) is 0. The molecule has 0 saturated heterocycles. The van der Waals surface area contributed by atoms with Crippen LogP contribution in [0.4, 0.5) is 0 Å². The highest BCUT2D eigenvalue weighted by atomic mass is 16.1. The van der Waals surface area contributed by atoms with Crippen molar-refractivity contribution in [3.63, 3.8) is 0 Å². The third kappa shape index (κ3) is 2.13. The average Bonchev–Trinajstić information content (AvgIpc) is 2.26. The maximum atomic E-state index is 11.8. The summed E-state index contributed by atoms with van der Waals surface area (Å²) < 4.78 is 0. The summed E-state index contributed by atoms with van der Waals surface area (Å²) in [6.45, 7) is 12.8. The van der Waals surface area contributed by atoms with Crippen molar-refractivity contribution in [3.8, 4) is 0 Å². The summed E-state index contributed by atoms with van der Waals surface area (Å²) in [4.78, 5) is 11.8. The van der Waals surface area contributed by atoms with Crippen LogP contribution in [0.5, 0.6) is 0 Å². The van der Waals surface area contributed by atoms with E-state index in [1.807, 2.05) is 12.1 Å². The van der Waals surface area contributed by atoms with Gasteiger partial charge >= 0.3 is 0 Å². The van der Waals surface area contributed by atoms with Crippen molar-refractivity contribution in [2.24, 2.45) is 0 Å². The molecule has 0 fully saturated rings. The van der Waals surface area contributed by atoms with Crippen LogP contribution in [0.15, 0.2) is 43.5 Å². The summed E-state index contributed by atoms with van der Waals surface area (Å²) in [5.74, 6) is -0.0476. The molecule has 1 nitrogen and oxygen atoms in total. The number of Topliss-reactive ketones (excluding diaryl/α,β-unsaturated/α-hetero) is 1. The van der Waals surface area contributed by atoms with Crippen LogP contribution in [0, 0.1) is 0 Å².